The van der Waals surface area contributed by atoms with Crippen molar-refractivity contribution in [3.63, 3.8) is 0 Å². The molecule has 0 amide bonds. The molecule has 3 N–H and O–H groups in total. The minimum Gasteiger partial charge on any atom is -0.383 e. The summed E-state index contributed by atoms with van der Waals surface area (Å²) in [6.07, 6.45) is 1.12. The summed E-state index contributed by atoms with van der Waals surface area (Å²) < 4.78 is 25.1. The third kappa shape index (κ3) is 2.77. The molecule has 6 nitrogen and oxygen atoms in total. The molecular formula is C13H18N4O2S. The van der Waals surface area contributed by atoms with Crippen LogP contribution in [0.2, 0.25) is 0 Å². The van der Waals surface area contributed by atoms with Gasteiger partial charge in [-0.05, 0) is 12.5 Å². The molecule has 0 atom stereocenters. The lowest BCUT2D eigenvalue weighted by molar-refractivity contribution is 0.602. The number of nitrogens with two attached hydrogens (primary N) is 1. The molecule has 2 rings (SSSR count). The van der Waals surface area contributed by atoms with Gasteiger partial charge in [0, 0.05) is 13.3 Å². The number of rotatable bonds is 4. The van der Waals surface area contributed by atoms with Gasteiger partial charge < -0.3 is 11.1 Å². The van der Waals surface area contributed by atoms with Crippen molar-refractivity contribution >= 4 is 21.5 Å². The number of sulfone groups is 1. The molecule has 0 saturated carbocycles. The van der Waals surface area contributed by atoms with E-state index in [2.05, 4.69) is 10.4 Å². The molecule has 0 aliphatic rings. The average molecular weight is 294 g/mol. The Kier molecular flexibility index (Phi) is 3.71. The number of nitrogen functional groups attached to an aromatic ring is 1. The second kappa shape index (κ2) is 5.16. The first-order chi connectivity index (χ1) is 9.32. The number of nitrogens with zero attached hydrogens (tertiary/aromatic N) is 2. The van der Waals surface area contributed by atoms with E-state index >= 15 is 0 Å². The third-order valence-corrected chi connectivity index (χ3v) is 4.11. The molecule has 2 aromatic rings. The van der Waals surface area contributed by atoms with Crippen LogP contribution in [0.5, 0.6) is 0 Å². The minimum absolute atomic E-state index is 0.0488. The zero-order valence-corrected chi connectivity index (χ0v) is 12.5. The van der Waals surface area contributed by atoms with Crippen LogP contribution in [0, 0.1) is 6.92 Å². The van der Waals surface area contributed by atoms with Crippen molar-refractivity contribution in [3.8, 4) is 0 Å². The van der Waals surface area contributed by atoms with E-state index in [1.807, 2.05) is 31.2 Å². The van der Waals surface area contributed by atoms with Crippen LogP contribution in [0.4, 0.5) is 11.6 Å². The fourth-order valence-corrected chi connectivity index (χ4v) is 3.07. The fourth-order valence-electron chi connectivity index (χ4n) is 2.09. The highest BCUT2D eigenvalue weighted by atomic mass is 32.2. The molecule has 108 valence electrons. The van der Waals surface area contributed by atoms with Gasteiger partial charge in [0.25, 0.3) is 0 Å². The highest BCUT2D eigenvalue weighted by Gasteiger charge is 2.23. The molecule has 0 saturated heterocycles. The van der Waals surface area contributed by atoms with Gasteiger partial charge in [-0.1, -0.05) is 29.8 Å². The molecule has 0 aliphatic carbocycles. The molecule has 1 heterocycles. The largest absolute Gasteiger partial charge is 0.383 e. The quantitative estimate of drug-likeness (QED) is 0.886. The number of benzene rings is 1. The van der Waals surface area contributed by atoms with Gasteiger partial charge >= 0.3 is 0 Å². The molecule has 0 radical (unpaired) electrons. The van der Waals surface area contributed by atoms with Crippen molar-refractivity contribution in [1.29, 1.82) is 0 Å². The third-order valence-electron chi connectivity index (χ3n) is 2.97. The monoisotopic (exact) mass is 294 g/mol. The number of anilines is 2. The van der Waals surface area contributed by atoms with Crippen molar-refractivity contribution in [2.45, 2.75) is 18.4 Å². The van der Waals surface area contributed by atoms with Gasteiger partial charge in [0.15, 0.2) is 20.6 Å². The van der Waals surface area contributed by atoms with Crippen molar-refractivity contribution in [1.82, 2.24) is 9.78 Å². The summed E-state index contributed by atoms with van der Waals surface area (Å²) >= 11 is 0. The Balaban J connectivity index is 2.46. The van der Waals surface area contributed by atoms with Crippen LogP contribution in [0.3, 0.4) is 0 Å². The standard InChI is InChI=1S/C13H18N4O2S/c1-9-5-4-6-10(7-9)8-17-12(14)11(20(3,18)19)13(15-2)16-17/h4-7H,8,14H2,1-3H3,(H,15,16). The lowest BCUT2D eigenvalue weighted by Gasteiger charge is -2.05. The number of hydrogen-bond acceptors (Lipinski definition) is 5. The van der Waals surface area contributed by atoms with E-state index in [0.29, 0.717) is 6.54 Å². The molecule has 1 aromatic carbocycles. The fraction of sp³-hybridized carbons (Fsp3) is 0.308. The average Bonchev–Trinajstić information content (AvgIpc) is 2.66. The van der Waals surface area contributed by atoms with E-state index in [1.165, 1.54) is 4.68 Å². The van der Waals surface area contributed by atoms with E-state index < -0.39 is 9.84 Å². The summed E-state index contributed by atoms with van der Waals surface area (Å²) in [4.78, 5) is 0.0488. The summed E-state index contributed by atoms with van der Waals surface area (Å²) in [6, 6.07) is 7.91. The SMILES string of the molecule is CNc1nn(Cc2cccc(C)c2)c(N)c1S(C)(=O)=O. The van der Waals surface area contributed by atoms with Crippen LogP contribution < -0.4 is 11.1 Å². The molecule has 20 heavy (non-hydrogen) atoms. The highest BCUT2D eigenvalue weighted by Crippen LogP contribution is 2.27. The van der Waals surface area contributed by atoms with Crippen LogP contribution in [-0.4, -0.2) is 31.5 Å². The van der Waals surface area contributed by atoms with Crippen LogP contribution in [-0.2, 0) is 16.4 Å². The molecule has 1 aromatic heterocycles. The Hall–Kier alpha value is -2.02. The first-order valence-corrected chi connectivity index (χ1v) is 8.01. The number of aromatic nitrogens is 2. The number of hydrogen-bond donors (Lipinski definition) is 2. The maximum Gasteiger partial charge on any atom is 0.182 e. The van der Waals surface area contributed by atoms with Crippen LogP contribution >= 0.6 is 0 Å². The van der Waals surface area contributed by atoms with E-state index in [1.54, 1.807) is 7.05 Å². The molecule has 0 spiro atoms. The Morgan fingerprint density at radius 2 is 2.10 bits per heavy atom. The summed E-state index contributed by atoms with van der Waals surface area (Å²) in [5.74, 6) is 0.427. The predicted octanol–water partition coefficient (Wildman–Crippen LogP) is 1.27. The maximum atomic E-state index is 11.8. The smallest absolute Gasteiger partial charge is 0.182 e. The van der Waals surface area contributed by atoms with Crippen molar-refractivity contribution in [2.24, 2.45) is 0 Å². The highest BCUT2D eigenvalue weighted by molar-refractivity contribution is 7.91. The van der Waals surface area contributed by atoms with Crippen molar-refractivity contribution in [2.75, 3.05) is 24.4 Å². The molecular weight excluding hydrogens is 276 g/mol. The number of nitrogens with one attached hydrogen (secondary N) is 1. The van der Waals surface area contributed by atoms with Crippen LogP contribution in [0.25, 0.3) is 0 Å². The Labute approximate surface area is 118 Å². The van der Waals surface area contributed by atoms with Crippen molar-refractivity contribution < 1.29 is 8.42 Å². The maximum absolute atomic E-state index is 11.8. The van der Waals surface area contributed by atoms with Gasteiger partial charge in [-0.2, -0.15) is 5.10 Å². The Bertz CT molecular complexity index is 735. The van der Waals surface area contributed by atoms with E-state index in [4.69, 9.17) is 5.73 Å². The van der Waals surface area contributed by atoms with Gasteiger partial charge in [0.2, 0.25) is 0 Å². The molecule has 0 bridgehead atoms. The lowest BCUT2D eigenvalue weighted by Crippen LogP contribution is -2.08. The van der Waals surface area contributed by atoms with E-state index in [-0.39, 0.29) is 16.5 Å². The first kappa shape index (κ1) is 14.4. The van der Waals surface area contributed by atoms with Crippen LogP contribution in [0.1, 0.15) is 11.1 Å². The van der Waals surface area contributed by atoms with Gasteiger partial charge in [-0.3, -0.25) is 0 Å². The lowest BCUT2D eigenvalue weighted by atomic mass is 10.1. The zero-order valence-electron chi connectivity index (χ0n) is 11.7. The van der Waals surface area contributed by atoms with Crippen LogP contribution in [0.15, 0.2) is 29.2 Å². The van der Waals surface area contributed by atoms with E-state index in [9.17, 15) is 8.42 Å². The molecule has 0 fully saturated rings. The van der Waals surface area contributed by atoms with Crippen molar-refractivity contribution in [3.05, 3.63) is 35.4 Å². The summed E-state index contributed by atoms with van der Waals surface area (Å²) in [5.41, 5.74) is 8.08. The normalized spacial score (nSPS) is 11.6. The second-order valence-corrected chi connectivity index (χ2v) is 6.68. The zero-order chi connectivity index (χ0) is 14.9. The minimum atomic E-state index is -3.43. The molecule has 7 heteroatoms. The second-order valence-electron chi connectivity index (χ2n) is 4.73. The Morgan fingerprint density at radius 3 is 2.60 bits per heavy atom. The summed E-state index contributed by atoms with van der Waals surface area (Å²) in [6.45, 7) is 2.43. The molecule has 0 unspecified atom stereocenters. The van der Waals surface area contributed by atoms with Gasteiger partial charge in [-0.25, -0.2) is 13.1 Å². The first-order valence-electron chi connectivity index (χ1n) is 6.12. The predicted molar refractivity (Wildman–Crippen MR) is 79.6 cm³/mol. The van der Waals surface area contributed by atoms with Gasteiger partial charge in [0.05, 0.1) is 6.54 Å². The summed E-state index contributed by atoms with van der Waals surface area (Å²) in [7, 11) is -1.81. The van der Waals surface area contributed by atoms with E-state index in [0.717, 1.165) is 17.4 Å². The Morgan fingerprint density at radius 1 is 1.40 bits per heavy atom. The van der Waals surface area contributed by atoms with Gasteiger partial charge in [-0.15, -0.1) is 0 Å². The topological polar surface area (TPSA) is 90.0 Å². The van der Waals surface area contributed by atoms with Gasteiger partial charge in [0.1, 0.15) is 5.82 Å². The number of aryl methyl sites for hydroxylation is 1. The molecule has 0 aliphatic heterocycles. The summed E-state index contributed by atoms with van der Waals surface area (Å²) in [5, 5.41) is 6.99.